The predicted octanol–water partition coefficient (Wildman–Crippen LogP) is 0.105. The summed E-state index contributed by atoms with van der Waals surface area (Å²) >= 11 is 0. The summed E-state index contributed by atoms with van der Waals surface area (Å²) in [7, 11) is -7.79. The molecular weight excluding hydrogens is 256 g/mol. The smallest absolute Gasteiger partial charge is 0.277 e. The van der Waals surface area contributed by atoms with Crippen LogP contribution in [0.3, 0.4) is 0 Å². The zero-order valence-corrected chi connectivity index (χ0v) is 9.95. The second kappa shape index (κ2) is 5.09. The first-order valence-corrected chi connectivity index (χ1v) is 7.58. The SMILES string of the molecule is O=S(=O)(O)CCCOS(=O)(=O)C1C=CC=C1. The third-order valence-corrected chi connectivity index (χ3v) is 4.12. The summed E-state index contributed by atoms with van der Waals surface area (Å²) in [4.78, 5) is 0. The van der Waals surface area contributed by atoms with E-state index in [9.17, 15) is 16.8 Å². The van der Waals surface area contributed by atoms with E-state index in [-0.39, 0.29) is 13.0 Å². The molecule has 16 heavy (non-hydrogen) atoms. The van der Waals surface area contributed by atoms with Crippen molar-refractivity contribution in [2.75, 3.05) is 12.4 Å². The number of rotatable bonds is 6. The van der Waals surface area contributed by atoms with Gasteiger partial charge in [0.25, 0.3) is 20.2 Å². The molecule has 0 saturated heterocycles. The monoisotopic (exact) mass is 268 g/mol. The predicted molar refractivity (Wildman–Crippen MR) is 58.0 cm³/mol. The molecule has 0 radical (unpaired) electrons. The largest absolute Gasteiger partial charge is 0.286 e. The summed E-state index contributed by atoms with van der Waals surface area (Å²) in [6.45, 7) is -0.264. The van der Waals surface area contributed by atoms with Gasteiger partial charge in [0.15, 0.2) is 0 Å². The van der Waals surface area contributed by atoms with Crippen LogP contribution in [0.5, 0.6) is 0 Å². The zero-order chi connectivity index (χ0) is 12.2. The molecule has 8 heteroatoms. The Morgan fingerprint density at radius 2 is 1.69 bits per heavy atom. The average molecular weight is 268 g/mol. The van der Waals surface area contributed by atoms with E-state index in [1.54, 1.807) is 12.2 Å². The van der Waals surface area contributed by atoms with E-state index >= 15 is 0 Å². The molecular formula is C8H12O6S2. The third kappa shape index (κ3) is 4.44. The summed E-state index contributed by atoms with van der Waals surface area (Å²) in [6.07, 6.45) is 6.02. The Morgan fingerprint density at radius 1 is 1.12 bits per heavy atom. The maximum atomic E-state index is 11.4. The molecule has 0 heterocycles. The fourth-order valence-electron chi connectivity index (χ4n) is 1.10. The Bertz CT molecular complexity index is 473. The minimum absolute atomic E-state index is 0.0712. The van der Waals surface area contributed by atoms with Crippen LogP contribution in [0.2, 0.25) is 0 Å². The summed E-state index contributed by atoms with van der Waals surface area (Å²) in [5, 5.41) is -0.807. The second-order valence-corrected chi connectivity index (χ2v) is 6.53. The molecule has 6 nitrogen and oxygen atoms in total. The Morgan fingerprint density at radius 3 is 2.19 bits per heavy atom. The lowest BCUT2D eigenvalue weighted by atomic mass is 10.5. The Balaban J connectivity index is 2.38. The fraction of sp³-hybridized carbons (Fsp3) is 0.500. The van der Waals surface area contributed by atoms with Crippen LogP contribution in [0, 0.1) is 0 Å². The Hall–Kier alpha value is -0.700. The molecule has 0 aromatic rings. The van der Waals surface area contributed by atoms with Crippen molar-refractivity contribution < 1.29 is 25.6 Å². The average Bonchev–Trinajstić information content (AvgIpc) is 2.64. The molecule has 0 aliphatic heterocycles. The van der Waals surface area contributed by atoms with E-state index in [1.807, 2.05) is 0 Å². The van der Waals surface area contributed by atoms with Gasteiger partial charge in [-0.15, -0.1) is 0 Å². The molecule has 1 N–H and O–H groups in total. The molecule has 0 spiro atoms. The van der Waals surface area contributed by atoms with Gasteiger partial charge in [-0.3, -0.25) is 8.74 Å². The van der Waals surface area contributed by atoms with Gasteiger partial charge in [-0.25, -0.2) is 0 Å². The second-order valence-electron chi connectivity index (χ2n) is 3.19. The summed E-state index contributed by atoms with van der Waals surface area (Å²) in [5.74, 6) is -0.515. The first kappa shape index (κ1) is 13.4. The lowest BCUT2D eigenvalue weighted by Crippen LogP contribution is -2.20. The van der Waals surface area contributed by atoms with Crippen molar-refractivity contribution in [3.63, 3.8) is 0 Å². The summed E-state index contributed by atoms with van der Waals surface area (Å²) in [6, 6.07) is 0. The molecule has 0 saturated carbocycles. The summed E-state index contributed by atoms with van der Waals surface area (Å²) in [5.41, 5.74) is 0. The fourth-order valence-corrected chi connectivity index (χ4v) is 2.66. The van der Waals surface area contributed by atoms with Crippen LogP contribution in [-0.4, -0.2) is 39.0 Å². The van der Waals surface area contributed by atoms with E-state index in [0.29, 0.717) is 0 Å². The van der Waals surface area contributed by atoms with Crippen molar-refractivity contribution in [1.29, 1.82) is 0 Å². The quantitative estimate of drug-likeness (QED) is 0.417. The van der Waals surface area contributed by atoms with E-state index in [4.69, 9.17) is 4.55 Å². The number of hydrogen-bond donors (Lipinski definition) is 1. The highest BCUT2D eigenvalue weighted by atomic mass is 32.2. The molecule has 0 amide bonds. The van der Waals surface area contributed by atoms with Crippen LogP contribution < -0.4 is 0 Å². The molecule has 0 fully saturated rings. The van der Waals surface area contributed by atoms with Crippen LogP contribution in [0.25, 0.3) is 0 Å². The van der Waals surface area contributed by atoms with Crippen LogP contribution >= 0.6 is 0 Å². The molecule has 0 aromatic carbocycles. The Kier molecular flexibility index (Phi) is 4.25. The van der Waals surface area contributed by atoms with Crippen LogP contribution in [0.1, 0.15) is 6.42 Å². The van der Waals surface area contributed by atoms with Crippen LogP contribution in [0.4, 0.5) is 0 Å². The first-order chi connectivity index (χ1) is 7.31. The van der Waals surface area contributed by atoms with E-state index in [1.165, 1.54) is 12.2 Å². The normalized spacial score (nSPS) is 17.1. The van der Waals surface area contributed by atoms with Gasteiger partial charge in [0.05, 0.1) is 12.4 Å². The highest BCUT2D eigenvalue weighted by molar-refractivity contribution is 7.87. The molecule has 0 aromatic heterocycles. The lowest BCUT2D eigenvalue weighted by Gasteiger charge is -2.07. The molecule has 1 aliphatic rings. The maximum absolute atomic E-state index is 11.4. The van der Waals surface area contributed by atoms with Crippen molar-refractivity contribution in [2.45, 2.75) is 11.7 Å². The van der Waals surface area contributed by atoms with Crippen molar-refractivity contribution >= 4 is 20.2 Å². The molecule has 1 rings (SSSR count). The van der Waals surface area contributed by atoms with Crippen LogP contribution in [0.15, 0.2) is 24.3 Å². The molecule has 0 unspecified atom stereocenters. The van der Waals surface area contributed by atoms with Crippen molar-refractivity contribution in [1.82, 2.24) is 0 Å². The van der Waals surface area contributed by atoms with Crippen molar-refractivity contribution in [2.24, 2.45) is 0 Å². The lowest BCUT2D eigenvalue weighted by molar-refractivity contribution is 0.315. The molecule has 92 valence electrons. The van der Waals surface area contributed by atoms with Gasteiger partial charge in [-0.1, -0.05) is 24.3 Å². The number of hydrogen-bond acceptors (Lipinski definition) is 5. The highest BCUT2D eigenvalue weighted by Gasteiger charge is 2.22. The van der Waals surface area contributed by atoms with Gasteiger partial charge in [0.1, 0.15) is 5.25 Å². The third-order valence-electron chi connectivity index (χ3n) is 1.84. The Labute approximate surface area is 94.5 Å². The van der Waals surface area contributed by atoms with Gasteiger partial charge in [-0.05, 0) is 6.42 Å². The van der Waals surface area contributed by atoms with Crippen LogP contribution in [-0.2, 0) is 24.4 Å². The maximum Gasteiger partial charge on any atom is 0.277 e. The summed E-state index contributed by atoms with van der Waals surface area (Å²) < 4.78 is 56.5. The first-order valence-electron chi connectivity index (χ1n) is 4.50. The molecule has 1 aliphatic carbocycles. The molecule has 0 atom stereocenters. The minimum Gasteiger partial charge on any atom is -0.286 e. The zero-order valence-electron chi connectivity index (χ0n) is 8.31. The van der Waals surface area contributed by atoms with Crippen molar-refractivity contribution in [3.05, 3.63) is 24.3 Å². The highest BCUT2D eigenvalue weighted by Crippen LogP contribution is 2.13. The standard InChI is InChI=1S/C8H12O6S2/c9-15(10,11)7-3-6-14-16(12,13)8-4-1-2-5-8/h1-2,4-5,8H,3,6-7H2,(H,9,10,11). The van der Waals surface area contributed by atoms with Gasteiger partial charge >= 0.3 is 0 Å². The topological polar surface area (TPSA) is 97.7 Å². The number of allylic oxidation sites excluding steroid dienone is 2. The van der Waals surface area contributed by atoms with Crippen molar-refractivity contribution in [3.8, 4) is 0 Å². The van der Waals surface area contributed by atoms with Gasteiger partial charge in [0.2, 0.25) is 0 Å². The minimum atomic E-state index is -4.06. The van der Waals surface area contributed by atoms with Gasteiger partial charge < -0.3 is 0 Å². The van der Waals surface area contributed by atoms with Gasteiger partial charge in [-0.2, -0.15) is 16.8 Å². The van der Waals surface area contributed by atoms with Gasteiger partial charge in [0, 0.05) is 0 Å². The van der Waals surface area contributed by atoms with E-state index in [2.05, 4.69) is 4.18 Å². The molecule has 0 bridgehead atoms. The van der Waals surface area contributed by atoms with E-state index < -0.39 is 31.2 Å². The van der Waals surface area contributed by atoms with E-state index in [0.717, 1.165) is 0 Å².